The van der Waals surface area contributed by atoms with Gasteiger partial charge < -0.3 is 19.2 Å². The van der Waals surface area contributed by atoms with Crippen molar-refractivity contribution in [2.24, 2.45) is 0 Å². The van der Waals surface area contributed by atoms with Gasteiger partial charge in [0.15, 0.2) is 6.10 Å². The zero-order chi connectivity index (χ0) is 19.1. The van der Waals surface area contributed by atoms with Gasteiger partial charge in [0.05, 0.1) is 0 Å². The molecule has 0 radical (unpaired) electrons. The molecule has 1 N–H and O–H groups in total. The summed E-state index contributed by atoms with van der Waals surface area (Å²) in [5, 5.41) is 2.68. The second-order valence-electron chi connectivity index (χ2n) is 5.77. The summed E-state index contributed by atoms with van der Waals surface area (Å²) in [4.78, 5) is 24.3. The molecule has 1 amide bonds. The normalized spacial score (nSPS) is 11.4. The Morgan fingerprint density at radius 3 is 2.33 bits per heavy atom. The SMILES string of the molecule is C[C@H](OC(=O)c1ccc(COc2ccccc2)o1)C(=O)Nc1ccccc1. The molecule has 0 aliphatic heterocycles. The number of carbonyl (C=O) groups is 2. The van der Waals surface area contributed by atoms with Crippen molar-refractivity contribution in [3.05, 3.63) is 84.3 Å². The highest BCUT2D eigenvalue weighted by Gasteiger charge is 2.21. The summed E-state index contributed by atoms with van der Waals surface area (Å²) in [6.07, 6.45) is -0.966. The fraction of sp³-hybridized carbons (Fsp3) is 0.143. The molecule has 0 fully saturated rings. The van der Waals surface area contributed by atoms with E-state index in [4.69, 9.17) is 13.9 Å². The number of benzene rings is 2. The van der Waals surface area contributed by atoms with Crippen molar-refractivity contribution >= 4 is 17.6 Å². The monoisotopic (exact) mass is 365 g/mol. The number of ether oxygens (including phenoxy) is 2. The maximum atomic E-state index is 12.2. The molecule has 0 spiro atoms. The van der Waals surface area contributed by atoms with Crippen LogP contribution in [0.15, 0.2) is 77.2 Å². The summed E-state index contributed by atoms with van der Waals surface area (Å²) in [5.41, 5.74) is 0.628. The van der Waals surface area contributed by atoms with Crippen LogP contribution in [0.1, 0.15) is 23.2 Å². The maximum absolute atomic E-state index is 12.2. The highest BCUT2D eigenvalue weighted by Crippen LogP contribution is 2.15. The lowest BCUT2D eigenvalue weighted by atomic mass is 10.3. The van der Waals surface area contributed by atoms with Gasteiger partial charge in [0, 0.05) is 5.69 Å². The van der Waals surface area contributed by atoms with E-state index in [2.05, 4.69) is 5.32 Å². The fourth-order valence-electron chi connectivity index (χ4n) is 2.27. The van der Waals surface area contributed by atoms with E-state index in [9.17, 15) is 9.59 Å². The van der Waals surface area contributed by atoms with Crippen LogP contribution < -0.4 is 10.1 Å². The molecule has 1 aromatic heterocycles. The summed E-state index contributed by atoms with van der Waals surface area (Å²) in [7, 11) is 0. The topological polar surface area (TPSA) is 77.8 Å². The van der Waals surface area contributed by atoms with Crippen LogP contribution in [0.3, 0.4) is 0 Å². The zero-order valence-electron chi connectivity index (χ0n) is 14.8. The predicted octanol–water partition coefficient (Wildman–Crippen LogP) is 4.04. The molecule has 27 heavy (non-hydrogen) atoms. The fourth-order valence-corrected chi connectivity index (χ4v) is 2.27. The molecular weight excluding hydrogens is 346 g/mol. The van der Waals surface area contributed by atoms with Gasteiger partial charge in [-0.05, 0) is 43.3 Å². The van der Waals surface area contributed by atoms with Gasteiger partial charge in [0.1, 0.15) is 18.1 Å². The van der Waals surface area contributed by atoms with E-state index in [0.29, 0.717) is 17.2 Å². The Balaban J connectivity index is 1.51. The third-order valence-corrected chi connectivity index (χ3v) is 3.68. The molecule has 6 nitrogen and oxygen atoms in total. The predicted molar refractivity (Wildman–Crippen MR) is 99.4 cm³/mol. The number of esters is 1. The molecule has 138 valence electrons. The molecule has 0 saturated heterocycles. The van der Waals surface area contributed by atoms with Gasteiger partial charge in [-0.25, -0.2) is 4.79 Å². The largest absolute Gasteiger partial charge is 0.486 e. The van der Waals surface area contributed by atoms with Crippen LogP contribution >= 0.6 is 0 Å². The first-order valence-corrected chi connectivity index (χ1v) is 8.45. The second kappa shape index (κ2) is 8.71. The van der Waals surface area contributed by atoms with Crippen LogP contribution in [-0.2, 0) is 16.1 Å². The van der Waals surface area contributed by atoms with E-state index < -0.39 is 18.0 Å². The van der Waals surface area contributed by atoms with Crippen molar-refractivity contribution in [1.29, 1.82) is 0 Å². The van der Waals surface area contributed by atoms with Crippen LogP contribution in [0.5, 0.6) is 5.75 Å². The molecule has 3 rings (SSSR count). The second-order valence-corrected chi connectivity index (χ2v) is 5.77. The number of hydrogen-bond donors (Lipinski definition) is 1. The highest BCUT2D eigenvalue weighted by atomic mass is 16.6. The molecule has 0 aliphatic rings. The number of furan rings is 1. The summed E-state index contributed by atoms with van der Waals surface area (Å²) in [6, 6.07) is 21.3. The first kappa shape index (κ1) is 18.3. The van der Waals surface area contributed by atoms with Crippen LogP contribution in [0.2, 0.25) is 0 Å². The molecule has 0 aliphatic carbocycles. The summed E-state index contributed by atoms with van der Waals surface area (Å²) < 4.78 is 16.2. The molecule has 0 saturated carbocycles. The van der Waals surface area contributed by atoms with E-state index in [1.807, 2.05) is 36.4 Å². The van der Waals surface area contributed by atoms with E-state index >= 15 is 0 Å². The van der Waals surface area contributed by atoms with E-state index in [1.165, 1.54) is 13.0 Å². The number of para-hydroxylation sites is 2. The molecule has 1 atom stereocenters. The van der Waals surface area contributed by atoms with E-state index in [-0.39, 0.29) is 12.4 Å². The van der Waals surface area contributed by atoms with Gasteiger partial charge in [-0.1, -0.05) is 36.4 Å². The standard InChI is InChI=1S/C21H19NO5/c1-15(20(23)22-16-8-4-2-5-9-16)26-21(24)19-13-12-18(27-19)14-25-17-10-6-3-7-11-17/h2-13,15H,14H2,1H3,(H,22,23)/t15-/m0/s1. The van der Waals surface area contributed by atoms with Gasteiger partial charge in [-0.3, -0.25) is 4.79 Å². The number of nitrogens with one attached hydrogen (secondary N) is 1. The van der Waals surface area contributed by atoms with Crippen molar-refractivity contribution in [3.8, 4) is 5.75 Å². The zero-order valence-corrected chi connectivity index (χ0v) is 14.8. The Bertz CT molecular complexity index is 889. The van der Waals surface area contributed by atoms with Crippen molar-refractivity contribution in [2.45, 2.75) is 19.6 Å². The van der Waals surface area contributed by atoms with Crippen LogP contribution in [0, 0.1) is 0 Å². The Hall–Kier alpha value is -3.54. The number of anilines is 1. The Kier molecular flexibility index (Phi) is 5.89. The lowest BCUT2D eigenvalue weighted by Crippen LogP contribution is -2.29. The quantitative estimate of drug-likeness (QED) is 0.639. The first-order valence-electron chi connectivity index (χ1n) is 8.45. The maximum Gasteiger partial charge on any atom is 0.375 e. The summed E-state index contributed by atoms with van der Waals surface area (Å²) in [5.74, 6) is 0.0582. The number of amides is 1. The minimum atomic E-state index is -0.966. The van der Waals surface area contributed by atoms with Crippen molar-refractivity contribution < 1.29 is 23.5 Å². The molecular formula is C21H19NO5. The van der Waals surface area contributed by atoms with Crippen LogP contribution in [0.4, 0.5) is 5.69 Å². The molecule has 6 heteroatoms. The van der Waals surface area contributed by atoms with Crippen molar-refractivity contribution in [3.63, 3.8) is 0 Å². The third kappa shape index (κ3) is 5.22. The molecule has 0 bridgehead atoms. The Morgan fingerprint density at radius 1 is 0.963 bits per heavy atom. The number of carbonyl (C=O) groups excluding carboxylic acids is 2. The average Bonchev–Trinajstić information content (AvgIpc) is 3.17. The van der Waals surface area contributed by atoms with Gasteiger partial charge >= 0.3 is 5.97 Å². The number of rotatable bonds is 7. The lowest BCUT2D eigenvalue weighted by Gasteiger charge is -2.12. The van der Waals surface area contributed by atoms with Crippen molar-refractivity contribution in [1.82, 2.24) is 0 Å². The van der Waals surface area contributed by atoms with Crippen molar-refractivity contribution in [2.75, 3.05) is 5.32 Å². The minimum Gasteiger partial charge on any atom is -0.486 e. The minimum absolute atomic E-state index is 0.0148. The Morgan fingerprint density at radius 2 is 1.63 bits per heavy atom. The van der Waals surface area contributed by atoms with Crippen LogP contribution in [0.25, 0.3) is 0 Å². The molecule has 2 aromatic carbocycles. The molecule has 0 unspecified atom stereocenters. The molecule has 3 aromatic rings. The van der Waals surface area contributed by atoms with Crippen LogP contribution in [-0.4, -0.2) is 18.0 Å². The highest BCUT2D eigenvalue weighted by molar-refractivity contribution is 5.96. The van der Waals surface area contributed by atoms with E-state index in [1.54, 1.807) is 30.3 Å². The smallest absolute Gasteiger partial charge is 0.375 e. The summed E-state index contributed by atoms with van der Waals surface area (Å²) in [6.45, 7) is 1.68. The average molecular weight is 365 g/mol. The lowest BCUT2D eigenvalue weighted by molar-refractivity contribution is -0.123. The molecule has 1 heterocycles. The van der Waals surface area contributed by atoms with E-state index in [0.717, 1.165) is 0 Å². The van der Waals surface area contributed by atoms with Gasteiger partial charge in [-0.15, -0.1) is 0 Å². The third-order valence-electron chi connectivity index (χ3n) is 3.68. The first-order chi connectivity index (χ1) is 13.1. The van der Waals surface area contributed by atoms with Gasteiger partial charge in [0.25, 0.3) is 5.91 Å². The van der Waals surface area contributed by atoms with Gasteiger partial charge in [0.2, 0.25) is 5.76 Å². The number of hydrogen-bond acceptors (Lipinski definition) is 5. The van der Waals surface area contributed by atoms with Gasteiger partial charge in [-0.2, -0.15) is 0 Å². The summed E-state index contributed by atoms with van der Waals surface area (Å²) >= 11 is 0. The Labute approximate surface area is 156 Å².